The summed E-state index contributed by atoms with van der Waals surface area (Å²) < 4.78 is 12.8. The van der Waals surface area contributed by atoms with E-state index in [0.29, 0.717) is 35.5 Å². The predicted molar refractivity (Wildman–Crippen MR) is 289 cm³/mol. The third-order valence-electron chi connectivity index (χ3n) is 13.0. The van der Waals surface area contributed by atoms with Gasteiger partial charge in [0.1, 0.15) is 11.0 Å². The lowest BCUT2D eigenvalue weighted by Gasteiger charge is -2.13. The zero-order valence-electron chi connectivity index (χ0n) is 41.8. The van der Waals surface area contributed by atoms with Crippen molar-refractivity contribution in [3.05, 3.63) is 180 Å². The highest BCUT2D eigenvalue weighted by atomic mass is 16.4. The van der Waals surface area contributed by atoms with Gasteiger partial charge in [0.25, 0.3) is 0 Å². The van der Waals surface area contributed by atoms with E-state index in [1.54, 1.807) is 0 Å². The van der Waals surface area contributed by atoms with Crippen LogP contribution in [0.2, 0.25) is 0 Å². The van der Waals surface area contributed by atoms with Crippen LogP contribution >= 0.6 is 0 Å². The van der Waals surface area contributed by atoms with Crippen molar-refractivity contribution in [3.63, 3.8) is 0 Å². The molecule has 0 atom stereocenters. The van der Waals surface area contributed by atoms with Gasteiger partial charge in [0.2, 0.25) is 11.8 Å². The van der Waals surface area contributed by atoms with E-state index in [2.05, 4.69) is 194 Å². The van der Waals surface area contributed by atoms with Gasteiger partial charge in [-0.05, 0) is 172 Å². The maximum atomic E-state index is 6.39. The smallest absolute Gasteiger partial charge is 0.227 e. The van der Waals surface area contributed by atoms with E-state index in [4.69, 9.17) is 23.8 Å². The third kappa shape index (κ3) is 10.1. The molecule has 0 aliphatic rings. The monoisotopic (exact) mass is 918 g/mol. The zero-order chi connectivity index (χ0) is 48.5. The number of hydrogen-bond donors (Lipinski definition) is 0. The standard InChI is InChI=1S/C64H62N4O2/c1-39(2)31-51-35-58-60(37-53(51)33-41(5)6)69-63(67-58)49-24-16-45(17-25-49)43-12-20-47(21-13-43)55-28-29-57(56-11-9-10-30-65-56)66-62(55)48-22-14-44(15-23-48)46-18-26-50(27-19-46)64-68-59-36-52(32-40(3)4)54(34-42(7)8)38-61(59)70-64/h9-30,35-42H,31-34H2,1-8H3. The second kappa shape index (κ2) is 19.9. The molecule has 70 heavy (non-hydrogen) atoms. The molecule has 4 aromatic heterocycles. The molecule has 10 aromatic rings. The molecule has 350 valence electrons. The second-order valence-corrected chi connectivity index (χ2v) is 20.7. The van der Waals surface area contributed by atoms with Gasteiger partial charge >= 0.3 is 0 Å². The topological polar surface area (TPSA) is 77.8 Å². The fourth-order valence-corrected chi connectivity index (χ4v) is 9.73. The van der Waals surface area contributed by atoms with Crippen molar-refractivity contribution in [1.29, 1.82) is 0 Å². The van der Waals surface area contributed by atoms with E-state index in [1.807, 2.05) is 24.4 Å². The van der Waals surface area contributed by atoms with Gasteiger partial charge in [-0.1, -0.05) is 134 Å². The Labute approximate surface area is 413 Å². The van der Waals surface area contributed by atoms with E-state index in [9.17, 15) is 0 Å². The fourth-order valence-electron chi connectivity index (χ4n) is 9.73. The first-order valence-electron chi connectivity index (χ1n) is 25.1. The van der Waals surface area contributed by atoms with E-state index < -0.39 is 0 Å². The molecule has 0 spiro atoms. The van der Waals surface area contributed by atoms with Gasteiger partial charge in [-0.3, -0.25) is 4.98 Å². The Morgan fingerprint density at radius 1 is 0.357 bits per heavy atom. The minimum atomic E-state index is 0.568. The summed E-state index contributed by atoms with van der Waals surface area (Å²) in [4.78, 5) is 19.8. The normalized spacial score (nSPS) is 11.9. The van der Waals surface area contributed by atoms with Gasteiger partial charge in [-0.2, -0.15) is 0 Å². The number of oxazole rings is 2. The molecule has 0 unspecified atom stereocenters. The van der Waals surface area contributed by atoms with Crippen molar-refractivity contribution in [2.45, 2.75) is 81.1 Å². The van der Waals surface area contributed by atoms with E-state index in [0.717, 1.165) is 115 Å². The first-order chi connectivity index (χ1) is 33.9. The summed E-state index contributed by atoms with van der Waals surface area (Å²) in [5.74, 6) is 3.58. The Balaban J connectivity index is 0.898. The highest BCUT2D eigenvalue weighted by Gasteiger charge is 2.18. The van der Waals surface area contributed by atoms with Crippen LogP contribution in [-0.4, -0.2) is 19.9 Å². The fraction of sp³-hybridized carbons (Fsp3) is 0.250. The van der Waals surface area contributed by atoms with Crippen LogP contribution in [0.3, 0.4) is 0 Å². The first-order valence-corrected chi connectivity index (χ1v) is 25.1. The van der Waals surface area contributed by atoms with E-state index in [1.165, 1.54) is 22.3 Å². The maximum Gasteiger partial charge on any atom is 0.227 e. The summed E-state index contributed by atoms with van der Waals surface area (Å²) >= 11 is 0. The summed E-state index contributed by atoms with van der Waals surface area (Å²) in [5.41, 5.74) is 21.2. The van der Waals surface area contributed by atoms with Gasteiger partial charge in [-0.25, -0.2) is 15.0 Å². The Kier molecular flexibility index (Phi) is 13.2. The van der Waals surface area contributed by atoms with Crippen LogP contribution in [-0.2, 0) is 25.7 Å². The molecular weight excluding hydrogens is 857 g/mol. The zero-order valence-corrected chi connectivity index (χ0v) is 41.8. The lowest BCUT2D eigenvalue weighted by molar-refractivity contribution is 0.607. The van der Waals surface area contributed by atoms with Crippen molar-refractivity contribution in [2.24, 2.45) is 23.7 Å². The Morgan fingerprint density at radius 2 is 0.743 bits per heavy atom. The first kappa shape index (κ1) is 46.3. The molecule has 6 nitrogen and oxygen atoms in total. The Hall–Kier alpha value is -7.44. The summed E-state index contributed by atoms with van der Waals surface area (Å²) in [6, 6.07) is 53.6. The van der Waals surface area contributed by atoms with Gasteiger partial charge in [0.05, 0.1) is 17.1 Å². The van der Waals surface area contributed by atoms with Crippen LogP contribution in [0, 0.1) is 23.7 Å². The number of aromatic nitrogens is 4. The average molecular weight is 919 g/mol. The molecule has 0 N–H and O–H groups in total. The van der Waals surface area contributed by atoms with E-state index in [-0.39, 0.29) is 0 Å². The molecule has 0 aliphatic carbocycles. The second-order valence-electron chi connectivity index (χ2n) is 20.7. The van der Waals surface area contributed by atoms with Crippen LogP contribution in [0.5, 0.6) is 0 Å². The van der Waals surface area contributed by atoms with Crippen molar-refractivity contribution in [1.82, 2.24) is 19.9 Å². The average Bonchev–Trinajstić information content (AvgIpc) is 3.97. The summed E-state index contributed by atoms with van der Waals surface area (Å²) in [6.07, 6.45) is 5.95. The molecule has 0 saturated heterocycles. The number of nitrogens with zero attached hydrogens (tertiary/aromatic N) is 4. The number of hydrogen-bond acceptors (Lipinski definition) is 6. The lowest BCUT2D eigenvalue weighted by atomic mass is 9.92. The van der Waals surface area contributed by atoms with Crippen LogP contribution in [0.4, 0.5) is 0 Å². The van der Waals surface area contributed by atoms with Gasteiger partial charge in [0.15, 0.2) is 11.2 Å². The molecule has 6 heteroatoms. The number of rotatable bonds is 15. The molecule has 0 saturated carbocycles. The van der Waals surface area contributed by atoms with Crippen LogP contribution in [0.25, 0.3) is 101 Å². The quantitative estimate of drug-likeness (QED) is 0.102. The largest absolute Gasteiger partial charge is 0.436 e. The van der Waals surface area contributed by atoms with Crippen LogP contribution < -0.4 is 0 Å². The molecular formula is C64H62N4O2. The van der Waals surface area contributed by atoms with Gasteiger partial charge in [0, 0.05) is 28.5 Å². The summed E-state index contributed by atoms with van der Waals surface area (Å²) in [6.45, 7) is 18.2. The summed E-state index contributed by atoms with van der Waals surface area (Å²) in [7, 11) is 0. The molecule has 0 radical (unpaired) electrons. The SMILES string of the molecule is CC(C)Cc1cc2nc(-c3ccc(-c4ccc(-c5ccc(-c6ccccn6)nc5-c5ccc(-c6ccc(-c7nc8cc(CC(C)C)c(CC(C)C)cc8o7)cc6)cc5)cc4)cc3)oc2cc1CC(C)C. The molecule has 0 bridgehead atoms. The number of benzene rings is 6. The molecule has 6 aromatic carbocycles. The van der Waals surface area contributed by atoms with Gasteiger partial charge in [-0.15, -0.1) is 0 Å². The third-order valence-corrected chi connectivity index (χ3v) is 13.0. The highest BCUT2D eigenvalue weighted by Crippen LogP contribution is 2.37. The lowest BCUT2D eigenvalue weighted by Crippen LogP contribution is -2.03. The molecule has 4 heterocycles. The minimum absolute atomic E-state index is 0.568. The molecule has 0 aliphatic heterocycles. The molecule has 10 rings (SSSR count). The van der Waals surface area contributed by atoms with Gasteiger partial charge < -0.3 is 8.83 Å². The van der Waals surface area contributed by atoms with Crippen molar-refractivity contribution >= 4 is 22.2 Å². The van der Waals surface area contributed by atoms with Crippen molar-refractivity contribution in [2.75, 3.05) is 0 Å². The van der Waals surface area contributed by atoms with Crippen molar-refractivity contribution < 1.29 is 8.83 Å². The molecule has 0 fully saturated rings. The maximum absolute atomic E-state index is 6.39. The Morgan fingerprint density at radius 3 is 1.14 bits per heavy atom. The molecule has 0 amide bonds. The van der Waals surface area contributed by atoms with Crippen molar-refractivity contribution in [3.8, 4) is 78.9 Å². The van der Waals surface area contributed by atoms with Crippen LogP contribution in [0.1, 0.15) is 77.6 Å². The minimum Gasteiger partial charge on any atom is -0.436 e. The highest BCUT2D eigenvalue weighted by molar-refractivity contribution is 5.85. The van der Waals surface area contributed by atoms with Crippen LogP contribution in [0.15, 0.2) is 167 Å². The predicted octanol–water partition coefficient (Wildman–Crippen LogP) is 17.2. The number of pyridine rings is 2. The van der Waals surface area contributed by atoms with E-state index >= 15 is 0 Å². The number of fused-ring (bicyclic) bond motifs is 2. The summed E-state index contributed by atoms with van der Waals surface area (Å²) in [5, 5.41) is 0. The Bertz CT molecular complexity index is 3300.